The molecule has 9 nitrogen and oxygen atoms in total. The van der Waals surface area contributed by atoms with E-state index in [0.29, 0.717) is 47.7 Å². The van der Waals surface area contributed by atoms with Gasteiger partial charge in [0.1, 0.15) is 34.1 Å². The van der Waals surface area contributed by atoms with Crippen molar-refractivity contribution in [2.45, 2.75) is 30.1 Å². The number of benzene rings is 2. The number of aromatic amines is 1. The number of sulfone groups is 1. The van der Waals surface area contributed by atoms with Crippen molar-refractivity contribution in [3.05, 3.63) is 77.2 Å². The Labute approximate surface area is 240 Å². The van der Waals surface area contributed by atoms with Crippen LogP contribution in [0.2, 0.25) is 5.15 Å². The number of H-pyrrole nitrogens is 1. The maximum absolute atomic E-state index is 11.8. The minimum absolute atomic E-state index is 0.185. The molecule has 1 atom stereocenters. The molecule has 0 aliphatic carbocycles. The number of rotatable bonds is 10. The lowest BCUT2D eigenvalue weighted by Gasteiger charge is -2.11. The first-order chi connectivity index (χ1) is 19.1. The van der Waals surface area contributed by atoms with Crippen molar-refractivity contribution in [1.82, 2.24) is 9.97 Å². The van der Waals surface area contributed by atoms with Crippen molar-refractivity contribution < 1.29 is 27.4 Å². The second kappa shape index (κ2) is 11.9. The molecule has 12 heteroatoms. The Hall–Kier alpha value is -3.54. The summed E-state index contributed by atoms with van der Waals surface area (Å²) in [5.74, 6) is 1.25. The van der Waals surface area contributed by atoms with Crippen LogP contribution in [0, 0.1) is 0 Å². The predicted molar refractivity (Wildman–Crippen MR) is 156 cm³/mol. The molecular formula is C28H26ClN3O6S2. The molecule has 1 unspecified atom stereocenters. The highest BCUT2D eigenvalue weighted by molar-refractivity contribution is 8.15. The van der Waals surface area contributed by atoms with Gasteiger partial charge >= 0.3 is 5.97 Å². The Morgan fingerprint density at radius 3 is 2.65 bits per heavy atom. The fraction of sp³-hybridized carbons (Fsp3) is 0.250. The molecule has 208 valence electrons. The summed E-state index contributed by atoms with van der Waals surface area (Å²) in [5.41, 5.74) is 2.28. The molecule has 2 aromatic carbocycles. The number of nitrogens with one attached hydrogen (secondary N) is 1. The summed E-state index contributed by atoms with van der Waals surface area (Å²) in [7, 11) is -3.31. The maximum Gasteiger partial charge on any atom is 0.302 e. The number of fused-ring (bicyclic) bond motifs is 1. The number of hydrogen-bond acceptors (Lipinski definition) is 9. The van der Waals surface area contributed by atoms with Crippen LogP contribution in [0.5, 0.6) is 17.2 Å². The smallest absolute Gasteiger partial charge is 0.302 e. The van der Waals surface area contributed by atoms with E-state index in [9.17, 15) is 13.2 Å². The van der Waals surface area contributed by atoms with Gasteiger partial charge in [-0.05, 0) is 55.0 Å². The fourth-order valence-corrected chi connectivity index (χ4v) is 5.97. The average molecular weight is 600 g/mol. The van der Waals surface area contributed by atoms with Crippen LogP contribution < -0.4 is 9.47 Å². The van der Waals surface area contributed by atoms with E-state index in [2.05, 4.69) is 9.97 Å². The zero-order chi connectivity index (χ0) is 28.3. The monoisotopic (exact) mass is 599 g/mol. The Kier molecular flexibility index (Phi) is 8.34. The Balaban J connectivity index is 1.41. The van der Waals surface area contributed by atoms with Crippen LogP contribution in [-0.2, 0) is 26.0 Å². The summed E-state index contributed by atoms with van der Waals surface area (Å²) in [5, 5.41) is 2.31. The summed E-state index contributed by atoms with van der Waals surface area (Å²) in [4.78, 5) is 23.7. The second-order valence-electron chi connectivity index (χ2n) is 9.17. The van der Waals surface area contributed by atoms with E-state index < -0.39 is 9.84 Å². The third kappa shape index (κ3) is 6.96. The van der Waals surface area contributed by atoms with Gasteiger partial charge in [0.15, 0.2) is 9.84 Å². The molecule has 0 amide bonds. The molecule has 4 aromatic rings. The molecule has 1 aliphatic heterocycles. The van der Waals surface area contributed by atoms with Gasteiger partial charge in [-0.2, -0.15) is 0 Å². The van der Waals surface area contributed by atoms with Crippen molar-refractivity contribution >= 4 is 55.1 Å². The van der Waals surface area contributed by atoms with E-state index in [1.807, 2.05) is 24.3 Å². The van der Waals surface area contributed by atoms with Gasteiger partial charge in [-0.25, -0.2) is 13.4 Å². The molecule has 0 saturated heterocycles. The van der Waals surface area contributed by atoms with Gasteiger partial charge in [-0.15, -0.1) is 0 Å². The first-order valence-corrected chi connectivity index (χ1v) is 15.5. The number of aromatic nitrogens is 2. The number of pyridine rings is 1. The molecule has 40 heavy (non-hydrogen) atoms. The average Bonchev–Trinajstić information content (AvgIpc) is 3.54. The number of nitrogens with zero attached hydrogens (tertiary/aromatic N) is 2. The fourth-order valence-electron chi connectivity index (χ4n) is 4.10. The number of esters is 1. The molecule has 2 aromatic heterocycles. The lowest BCUT2D eigenvalue weighted by atomic mass is 10.2. The van der Waals surface area contributed by atoms with Gasteiger partial charge in [0.05, 0.1) is 35.0 Å². The Morgan fingerprint density at radius 1 is 1.12 bits per heavy atom. The highest BCUT2D eigenvalue weighted by Gasteiger charge is 2.23. The summed E-state index contributed by atoms with van der Waals surface area (Å²) >= 11 is 7.68. The van der Waals surface area contributed by atoms with Crippen LogP contribution >= 0.6 is 23.4 Å². The molecule has 0 spiro atoms. The summed E-state index contributed by atoms with van der Waals surface area (Å²) < 4.78 is 40.9. The van der Waals surface area contributed by atoms with Gasteiger partial charge in [0.2, 0.25) is 0 Å². The first kappa shape index (κ1) is 28.0. The molecule has 3 heterocycles. The number of carbonyl (C=O) groups is 1. The zero-order valence-electron chi connectivity index (χ0n) is 21.7. The number of carbonyl (C=O) groups excluding carboxylic acids is 1. The van der Waals surface area contributed by atoms with Crippen LogP contribution in [0.1, 0.15) is 24.7 Å². The second-order valence-corrected chi connectivity index (χ2v) is 12.9. The van der Waals surface area contributed by atoms with Crippen molar-refractivity contribution in [3.63, 3.8) is 0 Å². The molecule has 0 bridgehead atoms. The maximum atomic E-state index is 11.8. The lowest BCUT2D eigenvalue weighted by molar-refractivity contribution is -0.141. The van der Waals surface area contributed by atoms with Crippen molar-refractivity contribution in [2.75, 3.05) is 19.4 Å². The SMILES string of the molecule is CC(=O)OCCC1CN=C(c2cc3cc(Oc4ccc(S(C)(=O)=O)cc4)cc(OCc4cccc(Cl)n4)c3[nH]2)S1. The molecule has 0 fully saturated rings. The quantitative estimate of drug-likeness (QED) is 0.179. The Bertz CT molecular complexity index is 1690. The van der Waals surface area contributed by atoms with E-state index in [1.54, 1.807) is 36.0 Å². The summed E-state index contributed by atoms with van der Waals surface area (Å²) in [6, 6.07) is 17.2. The highest BCUT2D eigenvalue weighted by Crippen LogP contribution is 2.36. The van der Waals surface area contributed by atoms with E-state index in [-0.39, 0.29) is 22.7 Å². The van der Waals surface area contributed by atoms with Crippen LogP contribution in [-0.4, -0.2) is 54.1 Å². The third-order valence-corrected chi connectivity index (χ3v) is 8.62. The predicted octanol–water partition coefficient (Wildman–Crippen LogP) is 5.81. The number of hydrogen-bond donors (Lipinski definition) is 1. The molecule has 1 aliphatic rings. The topological polar surface area (TPSA) is 120 Å². The number of thioether (sulfide) groups is 1. The summed E-state index contributed by atoms with van der Waals surface area (Å²) in [6.45, 7) is 2.59. The third-order valence-electron chi connectivity index (χ3n) is 5.99. The van der Waals surface area contributed by atoms with Crippen molar-refractivity contribution in [2.24, 2.45) is 4.99 Å². The molecule has 0 radical (unpaired) electrons. The van der Waals surface area contributed by atoms with Crippen molar-refractivity contribution in [3.8, 4) is 17.2 Å². The van der Waals surface area contributed by atoms with E-state index in [0.717, 1.165) is 27.9 Å². The minimum atomic E-state index is -3.31. The van der Waals surface area contributed by atoms with Crippen LogP contribution in [0.25, 0.3) is 10.9 Å². The highest BCUT2D eigenvalue weighted by atomic mass is 35.5. The van der Waals surface area contributed by atoms with Gasteiger partial charge in [-0.3, -0.25) is 9.79 Å². The standard InChI is InChI=1S/C28H26ClN3O6S2/c1-17(33)36-11-10-22-15-30-28(39-22)24-13-18-12-21(38-20-6-8-23(9-7-20)40(2,34)35)14-25(27(18)32-24)37-16-19-4-3-5-26(29)31-19/h3-9,12-14,22,32H,10-11,15-16H2,1-2H3. The van der Waals surface area contributed by atoms with Gasteiger partial charge in [0.25, 0.3) is 0 Å². The molecule has 5 rings (SSSR count). The normalized spacial score (nSPS) is 15.2. The minimum Gasteiger partial charge on any atom is -0.485 e. The van der Waals surface area contributed by atoms with Crippen LogP contribution in [0.15, 0.2) is 70.6 Å². The van der Waals surface area contributed by atoms with Crippen LogP contribution in [0.4, 0.5) is 0 Å². The molecule has 1 N–H and O–H groups in total. The molecular weight excluding hydrogens is 574 g/mol. The molecule has 0 saturated carbocycles. The number of ether oxygens (including phenoxy) is 3. The number of halogens is 1. The van der Waals surface area contributed by atoms with E-state index >= 15 is 0 Å². The van der Waals surface area contributed by atoms with Crippen molar-refractivity contribution in [1.29, 1.82) is 0 Å². The van der Waals surface area contributed by atoms with E-state index in [4.69, 9.17) is 30.8 Å². The van der Waals surface area contributed by atoms with Gasteiger partial charge in [0, 0.05) is 29.9 Å². The van der Waals surface area contributed by atoms with Gasteiger partial charge < -0.3 is 19.2 Å². The zero-order valence-corrected chi connectivity index (χ0v) is 24.1. The van der Waals surface area contributed by atoms with E-state index in [1.165, 1.54) is 19.1 Å². The largest absolute Gasteiger partial charge is 0.485 e. The Morgan fingerprint density at radius 2 is 1.93 bits per heavy atom. The van der Waals surface area contributed by atoms with Gasteiger partial charge in [-0.1, -0.05) is 29.4 Å². The van der Waals surface area contributed by atoms with Crippen LogP contribution in [0.3, 0.4) is 0 Å². The summed E-state index contributed by atoms with van der Waals surface area (Å²) in [6.07, 6.45) is 1.88. The lowest BCUT2D eigenvalue weighted by Crippen LogP contribution is -2.10. The number of aliphatic imine (C=N–C) groups is 1. The first-order valence-electron chi connectivity index (χ1n) is 12.4.